The van der Waals surface area contributed by atoms with Gasteiger partial charge in [0.1, 0.15) is 0 Å². The first-order valence-corrected chi connectivity index (χ1v) is 12.0. The molecule has 2 aromatic rings. The highest BCUT2D eigenvalue weighted by Gasteiger charge is 2.47. The second-order valence-electron chi connectivity index (χ2n) is 8.78. The lowest BCUT2D eigenvalue weighted by Crippen LogP contribution is -2.51. The normalized spacial score (nSPS) is 29.1. The molecule has 2 saturated heterocycles. The summed E-state index contributed by atoms with van der Waals surface area (Å²) in [5.41, 5.74) is 3.36. The number of pyridine rings is 1. The van der Waals surface area contributed by atoms with Gasteiger partial charge >= 0.3 is 0 Å². The second-order valence-corrected chi connectivity index (χ2v) is 10.0. The van der Waals surface area contributed by atoms with E-state index in [1.54, 1.807) is 0 Å². The van der Waals surface area contributed by atoms with E-state index in [-0.39, 0.29) is 0 Å². The Bertz CT molecular complexity index is 923. The lowest BCUT2D eigenvalue weighted by Gasteiger charge is -2.48. The number of nitrogens with zero attached hydrogens (tertiary/aromatic N) is 2. The lowest BCUT2D eigenvalue weighted by molar-refractivity contribution is -0.133. The summed E-state index contributed by atoms with van der Waals surface area (Å²) in [5, 5.41) is 0. The number of piperidine rings is 1. The number of benzene rings is 1. The van der Waals surface area contributed by atoms with E-state index in [1.807, 2.05) is 6.20 Å². The number of aromatic nitrogens is 1. The van der Waals surface area contributed by atoms with Crippen LogP contribution in [0.2, 0.25) is 0 Å². The smallest absolute Gasteiger partial charge is 0.222 e. The van der Waals surface area contributed by atoms with Gasteiger partial charge in [-0.15, -0.1) is 0 Å². The molecule has 1 aliphatic carbocycles. The zero-order chi connectivity index (χ0) is 19.8. The predicted octanol–water partition coefficient (Wildman–Crippen LogP) is 5.79. The van der Waals surface area contributed by atoms with Crippen molar-refractivity contribution in [2.24, 2.45) is 17.8 Å². The van der Waals surface area contributed by atoms with Crippen LogP contribution in [0.5, 0.6) is 0 Å². The van der Waals surface area contributed by atoms with Crippen LogP contribution in [-0.2, 0) is 4.79 Å². The molecule has 0 radical (unpaired) electrons. The van der Waals surface area contributed by atoms with Crippen LogP contribution >= 0.6 is 22.6 Å². The molecule has 3 nitrogen and oxygen atoms in total. The molecular formula is C25H27IN2O. The van der Waals surface area contributed by atoms with Crippen LogP contribution in [0.25, 0.3) is 17.2 Å². The first-order valence-electron chi connectivity index (χ1n) is 10.9. The van der Waals surface area contributed by atoms with E-state index < -0.39 is 0 Å². The molecule has 0 N–H and O–H groups in total. The molecule has 4 unspecified atom stereocenters. The summed E-state index contributed by atoms with van der Waals surface area (Å²) in [6.07, 6.45) is 13.6. The lowest BCUT2D eigenvalue weighted by atomic mass is 9.67. The van der Waals surface area contributed by atoms with Crippen LogP contribution in [0.15, 0.2) is 48.7 Å². The molecule has 1 saturated carbocycles. The van der Waals surface area contributed by atoms with Gasteiger partial charge in [-0.25, -0.2) is 0 Å². The Balaban J connectivity index is 1.37. The van der Waals surface area contributed by atoms with Gasteiger partial charge in [-0.3, -0.25) is 9.78 Å². The standard InChI is InChI=1S/C25H27IN2O/c26-20-6-3-5-17(14-20)18-8-9-21(27-15-18)10-11-23-22-7-2-1-4-19(22)16-28-24(23)12-13-25(28)29/h3,5-6,8-11,14-15,19,22-24H,1-2,4,7,12-13,16H2/b11-10+. The first kappa shape index (κ1) is 19.3. The fourth-order valence-electron chi connectivity index (χ4n) is 5.72. The molecular weight excluding hydrogens is 471 g/mol. The molecule has 0 bridgehead atoms. The third-order valence-corrected chi connectivity index (χ3v) is 7.82. The Morgan fingerprint density at radius 1 is 1.07 bits per heavy atom. The summed E-state index contributed by atoms with van der Waals surface area (Å²) >= 11 is 2.35. The zero-order valence-electron chi connectivity index (χ0n) is 16.6. The number of carbonyl (C=O) groups excluding carboxylic acids is 1. The van der Waals surface area contributed by atoms with Crippen molar-refractivity contribution in [3.05, 3.63) is 57.9 Å². The summed E-state index contributed by atoms with van der Waals surface area (Å²) in [4.78, 5) is 19.3. The molecule has 29 heavy (non-hydrogen) atoms. The van der Waals surface area contributed by atoms with Crippen molar-refractivity contribution in [1.82, 2.24) is 9.88 Å². The van der Waals surface area contributed by atoms with Gasteiger partial charge in [0.05, 0.1) is 5.69 Å². The predicted molar refractivity (Wildman–Crippen MR) is 125 cm³/mol. The third kappa shape index (κ3) is 3.88. The van der Waals surface area contributed by atoms with E-state index in [0.29, 0.717) is 23.8 Å². The fraction of sp³-hybridized carbons (Fsp3) is 0.440. The van der Waals surface area contributed by atoms with Crippen LogP contribution in [0.3, 0.4) is 0 Å². The number of rotatable bonds is 3. The van der Waals surface area contributed by atoms with Gasteiger partial charge in [0, 0.05) is 40.3 Å². The molecule has 1 aromatic carbocycles. The molecule has 150 valence electrons. The highest BCUT2D eigenvalue weighted by atomic mass is 127. The highest BCUT2D eigenvalue weighted by Crippen LogP contribution is 2.46. The molecule has 3 heterocycles. The van der Waals surface area contributed by atoms with Crippen molar-refractivity contribution >= 4 is 34.6 Å². The maximum absolute atomic E-state index is 12.4. The highest BCUT2D eigenvalue weighted by molar-refractivity contribution is 14.1. The van der Waals surface area contributed by atoms with Crippen LogP contribution in [0.1, 0.15) is 44.2 Å². The zero-order valence-corrected chi connectivity index (χ0v) is 18.8. The van der Waals surface area contributed by atoms with Crippen molar-refractivity contribution in [3.63, 3.8) is 0 Å². The SMILES string of the molecule is O=C1CCC2C(/C=C/c3ccc(-c4cccc(I)c4)cn3)C3CCCCC3CN12. The Morgan fingerprint density at radius 3 is 2.79 bits per heavy atom. The first-order chi connectivity index (χ1) is 14.2. The van der Waals surface area contributed by atoms with Crippen LogP contribution < -0.4 is 0 Å². The maximum Gasteiger partial charge on any atom is 0.222 e. The van der Waals surface area contributed by atoms with Crippen molar-refractivity contribution in [3.8, 4) is 11.1 Å². The summed E-state index contributed by atoms with van der Waals surface area (Å²) in [6.45, 7) is 1.00. The number of amides is 1. The van der Waals surface area contributed by atoms with Crippen LogP contribution in [-0.4, -0.2) is 28.4 Å². The Morgan fingerprint density at radius 2 is 1.97 bits per heavy atom. The minimum absolute atomic E-state index is 0.373. The second kappa shape index (κ2) is 8.21. The Kier molecular flexibility index (Phi) is 5.46. The molecule has 4 heteroatoms. The Labute approximate surface area is 186 Å². The number of carbonyl (C=O) groups is 1. The quantitative estimate of drug-likeness (QED) is 0.502. The van der Waals surface area contributed by atoms with Crippen molar-refractivity contribution in [2.75, 3.05) is 6.54 Å². The molecule has 1 amide bonds. The van der Waals surface area contributed by atoms with Gasteiger partial charge < -0.3 is 4.90 Å². The minimum Gasteiger partial charge on any atom is -0.339 e. The van der Waals surface area contributed by atoms with E-state index in [1.165, 1.54) is 34.8 Å². The summed E-state index contributed by atoms with van der Waals surface area (Å²) in [6, 6.07) is 13.2. The van der Waals surface area contributed by atoms with Gasteiger partial charge in [-0.05, 0) is 83.5 Å². The Hall–Kier alpha value is -1.69. The van der Waals surface area contributed by atoms with Crippen molar-refractivity contribution in [1.29, 1.82) is 0 Å². The minimum atomic E-state index is 0.373. The third-order valence-electron chi connectivity index (χ3n) is 7.15. The van der Waals surface area contributed by atoms with Crippen LogP contribution in [0.4, 0.5) is 0 Å². The average Bonchev–Trinajstić information content (AvgIpc) is 3.12. The summed E-state index contributed by atoms with van der Waals surface area (Å²) < 4.78 is 1.24. The number of hydrogen-bond acceptors (Lipinski definition) is 2. The van der Waals surface area contributed by atoms with E-state index >= 15 is 0 Å². The topological polar surface area (TPSA) is 33.2 Å². The fourth-order valence-corrected chi connectivity index (χ4v) is 6.27. The van der Waals surface area contributed by atoms with Crippen molar-refractivity contribution < 1.29 is 4.79 Å². The molecule has 3 fully saturated rings. The van der Waals surface area contributed by atoms with Gasteiger partial charge in [0.25, 0.3) is 0 Å². The maximum atomic E-state index is 12.4. The summed E-state index contributed by atoms with van der Waals surface area (Å²) in [5.74, 6) is 2.28. The van der Waals surface area contributed by atoms with E-state index in [0.717, 1.165) is 36.6 Å². The number of halogens is 1. The molecule has 5 rings (SSSR count). The van der Waals surface area contributed by atoms with Crippen LogP contribution in [0, 0.1) is 21.3 Å². The molecule has 1 aromatic heterocycles. The number of fused-ring (bicyclic) bond motifs is 2. The van der Waals surface area contributed by atoms with E-state index in [2.05, 4.69) is 76.0 Å². The van der Waals surface area contributed by atoms with Gasteiger partial charge in [0.15, 0.2) is 0 Å². The molecule has 4 atom stereocenters. The molecule has 2 aliphatic heterocycles. The van der Waals surface area contributed by atoms with Gasteiger partial charge in [0.2, 0.25) is 5.91 Å². The molecule has 3 aliphatic rings. The van der Waals surface area contributed by atoms with Crippen molar-refractivity contribution in [2.45, 2.75) is 44.6 Å². The van der Waals surface area contributed by atoms with Gasteiger partial charge in [-0.2, -0.15) is 0 Å². The largest absolute Gasteiger partial charge is 0.339 e. The van der Waals surface area contributed by atoms with E-state index in [9.17, 15) is 4.79 Å². The molecule has 0 spiro atoms. The monoisotopic (exact) mass is 498 g/mol. The summed E-state index contributed by atoms with van der Waals surface area (Å²) in [7, 11) is 0. The van der Waals surface area contributed by atoms with Gasteiger partial charge in [-0.1, -0.05) is 37.1 Å². The van der Waals surface area contributed by atoms with E-state index in [4.69, 9.17) is 4.98 Å². The average molecular weight is 498 g/mol. The number of hydrogen-bond donors (Lipinski definition) is 0.